The fraction of sp³-hybridized carbons (Fsp3) is 0.267. The van der Waals surface area contributed by atoms with Crippen LogP contribution >= 0.6 is 11.8 Å². The number of aliphatic imine (C=N–C) groups is 1. The van der Waals surface area contributed by atoms with E-state index < -0.39 is 12.0 Å². The molecule has 2 rings (SSSR count). The number of benzene rings is 1. The Hall–Kier alpha value is -2.26. The molecular formula is C15H15N3O2S. The van der Waals surface area contributed by atoms with Gasteiger partial charge in [-0.2, -0.15) is 5.26 Å². The minimum Gasteiger partial charge on any atom is -0.478 e. The van der Waals surface area contributed by atoms with Crippen molar-refractivity contribution in [2.24, 2.45) is 4.99 Å². The number of carboxylic acids is 1. The van der Waals surface area contributed by atoms with Crippen LogP contribution in [-0.2, 0) is 4.79 Å². The van der Waals surface area contributed by atoms with Crippen molar-refractivity contribution < 1.29 is 9.90 Å². The van der Waals surface area contributed by atoms with Gasteiger partial charge in [-0.1, -0.05) is 36.0 Å². The fourth-order valence-electron chi connectivity index (χ4n) is 2.22. The predicted octanol–water partition coefficient (Wildman–Crippen LogP) is 2.61. The largest absolute Gasteiger partial charge is 0.478 e. The average molecular weight is 301 g/mol. The molecule has 0 radical (unpaired) electrons. The molecule has 1 atom stereocenters. The number of hydrogen-bond donors (Lipinski definition) is 2. The Morgan fingerprint density at radius 2 is 2.19 bits per heavy atom. The second-order valence-corrected chi connectivity index (χ2v) is 5.57. The monoisotopic (exact) mass is 301 g/mol. The summed E-state index contributed by atoms with van der Waals surface area (Å²) >= 11 is 1.27. The lowest BCUT2D eigenvalue weighted by Gasteiger charge is -2.25. The van der Waals surface area contributed by atoms with Crippen LogP contribution in [0.5, 0.6) is 0 Å². The Balaban J connectivity index is 2.47. The number of nitriles is 1. The van der Waals surface area contributed by atoms with Crippen LogP contribution in [0.25, 0.3) is 0 Å². The van der Waals surface area contributed by atoms with Crippen LogP contribution in [0.3, 0.4) is 0 Å². The summed E-state index contributed by atoms with van der Waals surface area (Å²) < 4.78 is 0. The van der Waals surface area contributed by atoms with Gasteiger partial charge in [0.1, 0.15) is 6.04 Å². The van der Waals surface area contributed by atoms with Gasteiger partial charge in [-0.25, -0.2) is 9.79 Å². The first-order valence-corrected chi connectivity index (χ1v) is 7.37. The zero-order valence-corrected chi connectivity index (χ0v) is 12.6. The molecule has 0 bridgehead atoms. The van der Waals surface area contributed by atoms with Crippen molar-refractivity contribution in [3.63, 3.8) is 0 Å². The van der Waals surface area contributed by atoms with E-state index in [1.165, 1.54) is 11.8 Å². The smallest absolute Gasteiger partial charge is 0.335 e. The summed E-state index contributed by atoms with van der Waals surface area (Å²) in [5.41, 5.74) is 2.66. The molecule has 0 amide bonds. The first-order valence-electron chi connectivity index (χ1n) is 6.38. The SMILES string of the molecule is CC1=C(C(=O)O)C(c2ccccc2C)N=C(SCC#N)N1. The number of thioether (sulfide) groups is 1. The third kappa shape index (κ3) is 3.26. The highest BCUT2D eigenvalue weighted by molar-refractivity contribution is 8.14. The van der Waals surface area contributed by atoms with Crippen LogP contribution in [0.4, 0.5) is 0 Å². The second kappa shape index (κ2) is 6.46. The highest BCUT2D eigenvalue weighted by atomic mass is 32.2. The van der Waals surface area contributed by atoms with Gasteiger partial charge in [-0.15, -0.1) is 0 Å². The number of rotatable bonds is 3. The summed E-state index contributed by atoms with van der Waals surface area (Å²) in [6.45, 7) is 3.65. The summed E-state index contributed by atoms with van der Waals surface area (Å²) in [6, 6.07) is 9.09. The molecule has 0 fully saturated rings. The average Bonchev–Trinajstić information content (AvgIpc) is 2.44. The number of aliphatic carboxylic acids is 1. The Kier molecular flexibility index (Phi) is 4.66. The lowest BCUT2D eigenvalue weighted by molar-refractivity contribution is -0.133. The summed E-state index contributed by atoms with van der Waals surface area (Å²) in [5, 5.41) is 21.7. The third-order valence-electron chi connectivity index (χ3n) is 3.21. The van der Waals surface area contributed by atoms with Gasteiger partial charge in [0.2, 0.25) is 0 Å². The van der Waals surface area contributed by atoms with Crippen LogP contribution in [-0.4, -0.2) is 22.0 Å². The summed E-state index contributed by atoms with van der Waals surface area (Å²) in [4.78, 5) is 16.0. The van der Waals surface area contributed by atoms with Crippen molar-refractivity contribution >= 4 is 22.9 Å². The molecule has 6 heteroatoms. The summed E-state index contributed by atoms with van der Waals surface area (Å²) in [6.07, 6.45) is 0. The van der Waals surface area contributed by atoms with Crippen LogP contribution in [0.15, 0.2) is 40.5 Å². The topological polar surface area (TPSA) is 85.5 Å². The Morgan fingerprint density at radius 3 is 2.81 bits per heavy atom. The molecule has 0 aliphatic carbocycles. The zero-order valence-electron chi connectivity index (χ0n) is 11.8. The van der Waals surface area contributed by atoms with Crippen molar-refractivity contribution in [3.8, 4) is 6.07 Å². The minimum atomic E-state index is -0.985. The predicted molar refractivity (Wildman–Crippen MR) is 82.9 cm³/mol. The van der Waals surface area contributed by atoms with Gasteiger partial charge in [-0.05, 0) is 25.0 Å². The maximum absolute atomic E-state index is 11.6. The van der Waals surface area contributed by atoms with Gasteiger partial charge in [0, 0.05) is 5.70 Å². The number of allylic oxidation sites excluding steroid dienone is 1. The lowest BCUT2D eigenvalue weighted by Crippen LogP contribution is -2.30. The quantitative estimate of drug-likeness (QED) is 0.896. The van der Waals surface area contributed by atoms with E-state index in [-0.39, 0.29) is 11.3 Å². The molecule has 1 unspecified atom stereocenters. The van der Waals surface area contributed by atoms with Crippen LogP contribution in [0.1, 0.15) is 24.1 Å². The highest BCUT2D eigenvalue weighted by Gasteiger charge is 2.29. The van der Waals surface area contributed by atoms with Crippen LogP contribution in [0, 0.1) is 18.3 Å². The Bertz CT molecular complexity index is 674. The molecule has 21 heavy (non-hydrogen) atoms. The first-order chi connectivity index (χ1) is 10.0. The molecule has 1 aromatic carbocycles. The molecule has 1 aromatic rings. The van der Waals surface area contributed by atoms with E-state index in [2.05, 4.69) is 10.3 Å². The Labute approximate surface area is 127 Å². The van der Waals surface area contributed by atoms with E-state index in [4.69, 9.17) is 5.26 Å². The zero-order chi connectivity index (χ0) is 15.4. The van der Waals surface area contributed by atoms with Gasteiger partial charge in [0.25, 0.3) is 0 Å². The van der Waals surface area contributed by atoms with Crippen LogP contribution in [0.2, 0.25) is 0 Å². The fourth-order valence-corrected chi connectivity index (χ4v) is 2.82. The van der Waals surface area contributed by atoms with Crippen molar-refractivity contribution in [2.45, 2.75) is 19.9 Å². The number of nitrogens with zero attached hydrogens (tertiary/aromatic N) is 2. The van der Waals surface area contributed by atoms with Crippen molar-refractivity contribution in [2.75, 3.05) is 5.75 Å². The van der Waals surface area contributed by atoms with Gasteiger partial charge >= 0.3 is 5.97 Å². The number of carbonyl (C=O) groups is 1. The molecule has 0 aromatic heterocycles. The van der Waals surface area contributed by atoms with E-state index >= 15 is 0 Å². The Morgan fingerprint density at radius 1 is 1.48 bits per heavy atom. The lowest BCUT2D eigenvalue weighted by atomic mass is 9.93. The highest BCUT2D eigenvalue weighted by Crippen LogP contribution is 2.33. The van der Waals surface area contributed by atoms with E-state index in [1.54, 1.807) is 6.92 Å². The number of amidine groups is 1. The minimum absolute atomic E-state index is 0.241. The maximum atomic E-state index is 11.6. The summed E-state index contributed by atoms with van der Waals surface area (Å²) in [7, 11) is 0. The number of aryl methyl sites for hydroxylation is 1. The standard InChI is InChI=1S/C15H15N3O2S/c1-9-5-3-4-6-11(9)13-12(14(19)20)10(2)17-15(18-13)21-8-7-16/h3-6,13H,8H2,1-2H3,(H,17,18)(H,19,20). The van der Waals surface area contributed by atoms with E-state index in [0.717, 1.165) is 11.1 Å². The molecule has 0 spiro atoms. The van der Waals surface area contributed by atoms with Gasteiger partial charge in [-0.3, -0.25) is 0 Å². The van der Waals surface area contributed by atoms with Gasteiger partial charge in [0.05, 0.1) is 17.4 Å². The molecular weight excluding hydrogens is 286 g/mol. The second-order valence-electron chi connectivity index (χ2n) is 4.61. The summed E-state index contributed by atoms with van der Waals surface area (Å²) in [5.74, 6) is -0.719. The third-order valence-corrected chi connectivity index (χ3v) is 3.96. The molecule has 0 saturated heterocycles. The molecule has 1 heterocycles. The normalized spacial score (nSPS) is 17.8. The van der Waals surface area contributed by atoms with Gasteiger partial charge in [0.15, 0.2) is 5.17 Å². The maximum Gasteiger partial charge on any atom is 0.335 e. The van der Waals surface area contributed by atoms with Crippen molar-refractivity contribution in [1.29, 1.82) is 5.26 Å². The van der Waals surface area contributed by atoms with Crippen molar-refractivity contribution in [1.82, 2.24) is 5.32 Å². The molecule has 1 aliphatic heterocycles. The number of nitrogens with one attached hydrogen (secondary N) is 1. The molecule has 1 aliphatic rings. The van der Waals surface area contributed by atoms with E-state index in [0.29, 0.717) is 10.9 Å². The van der Waals surface area contributed by atoms with Crippen molar-refractivity contribution in [3.05, 3.63) is 46.7 Å². The molecule has 2 N–H and O–H groups in total. The number of hydrogen-bond acceptors (Lipinski definition) is 5. The molecule has 0 saturated carbocycles. The molecule has 108 valence electrons. The molecule has 5 nitrogen and oxygen atoms in total. The van der Waals surface area contributed by atoms with Gasteiger partial charge < -0.3 is 10.4 Å². The van der Waals surface area contributed by atoms with Crippen LogP contribution < -0.4 is 5.32 Å². The van der Waals surface area contributed by atoms with E-state index in [1.807, 2.05) is 37.3 Å². The number of carboxylic acid groups (broad SMARTS) is 1. The first kappa shape index (κ1) is 15.1. The van der Waals surface area contributed by atoms with E-state index in [9.17, 15) is 9.90 Å².